The standard InChI is InChI=1S/C6H10O4.Li.H/c7-1-5-6(10-5)9-3-4-2-8-4;;/h4-7H,1-3H2;;/q;+1;-1. The Morgan fingerprint density at radius 3 is 2.82 bits per heavy atom. The van der Waals surface area contributed by atoms with Gasteiger partial charge in [0, 0.05) is 0 Å². The second-order valence-electron chi connectivity index (χ2n) is 2.51. The molecule has 0 aromatic carbocycles. The fraction of sp³-hybridized carbons (Fsp3) is 1.00. The van der Waals surface area contributed by atoms with Gasteiger partial charge in [-0.2, -0.15) is 0 Å². The molecule has 0 radical (unpaired) electrons. The Hall–Kier alpha value is 0.437. The molecule has 1 N–H and O–H groups in total. The quantitative estimate of drug-likeness (QED) is 0.333. The van der Waals surface area contributed by atoms with Gasteiger partial charge in [-0.15, -0.1) is 0 Å². The number of aliphatic hydroxyl groups excluding tert-OH is 1. The van der Waals surface area contributed by atoms with Gasteiger partial charge >= 0.3 is 18.9 Å². The maximum Gasteiger partial charge on any atom is 1.00 e. The van der Waals surface area contributed by atoms with Crippen molar-refractivity contribution in [3.63, 3.8) is 0 Å². The van der Waals surface area contributed by atoms with Crippen LogP contribution in [0.2, 0.25) is 0 Å². The number of aliphatic hydroxyl groups is 1. The third-order valence-corrected chi connectivity index (χ3v) is 1.56. The monoisotopic (exact) mass is 154 g/mol. The van der Waals surface area contributed by atoms with E-state index in [9.17, 15) is 0 Å². The fourth-order valence-corrected chi connectivity index (χ4v) is 0.769. The van der Waals surface area contributed by atoms with E-state index in [4.69, 9.17) is 19.3 Å². The van der Waals surface area contributed by atoms with Gasteiger partial charge in [-0.25, -0.2) is 0 Å². The van der Waals surface area contributed by atoms with E-state index in [1.54, 1.807) is 0 Å². The zero-order chi connectivity index (χ0) is 6.97. The van der Waals surface area contributed by atoms with E-state index < -0.39 is 0 Å². The molecule has 3 unspecified atom stereocenters. The second kappa shape index (κ2) is 3.90. The molecule has 3 atom stereocenters. The molecule has 2 aliphatic heterocycles. The molecule has 11 heavy (non-hydrogen) atoms. The summed E-state index contributed by atoms with van der Waals surface area (Å²) in [4.78, 5) is 0. The summed E-state index contributed by atoms with van der Waals surface area (Å²) in [5.41, 5.74) is 0. The van der Waals surface area contributed by atoms with Gasteiger partial charge in [0.2, 0.25) is 0 Å². The fourth-order valence-electron chi connectivity index (χ4n) is 0.769. The summed E-state index contributed by atoms with van der Waals surface area (Å²) in [6.45, 7) is 1.45. The minimum atomic E-state index is -0.172. The van der Waals surface area contributed by atoms with Gasteiger partial charge < -0.3 is 20.7 Å². The zero-order valence-corrected chi connectivity index (χ0v) is 6.53. The molecule has 5 heteroatoms. The first-order valence-corrected chi connectivity index (χ1v) is 3.39. The number of hydrogen-bond donors (Lipinski definition) is 1. The number of rotatable bonds is 4. The van der Waals surface area contributed by atoms with Gasteiger partial charge in [0.15, 0.2) is 6.29 Å². The third kappa shape index (κ3) is 2.75. The summed E-state index contributed by atoms with van der Waals surface area (Å²) in [6, 6.07) is 0. The van der Waals surface area contributed by atoms with E-state index in [1.807, 2.05) is 0 Å². The predicted molar refractivity (Wildman–Crippen MR) is 32.6 cm³/mol. The molecule has 0 bridgehead atoms. The molecule has 0 aromatic rings. The zero-order valence-electron chi connectivity index (χ0n) is 7.53. The van der Waals surface area contributed by atoms with Crippen LogP contribution in [-0.4, -0.2) is 43.4 Å². The van der Waals surface area contributed by atoms with Crippen LogP contribution >= 0.6 is 0 Å². The van der Waals surface area contributed by atoms with E-state index in [-0.39, 0.29) is 45.4 Å². The molecular weight excluding hydrogens is 143 g/mol. The molecular formula is C6H11LiO4. The van der Waals surface area contributed by atoms with E-state index >= 15 is 0 Å². The molecule has 0 saturated carbocycles. The van der Waals surface area contributed by atoms with Crippen molar-refractivity contribution in [2.75, 3.05) is 19.8 Å². The van der Waals surface area contributed by atoms with Gasteiger partial charge in [0.05, 0.1) is 19.8 Å². The largest absolute Gasteiger partial charge is 1.00 e. The van der Waals surface area contributed by atoms with Crippen molar-refractivity contribution in [3.05, 3.63) is 0 Å². The van der Waals surface area contributed by atoms with E-state index in [0.717, 1.165) is 6.61 Å². The van der Waals surface area contributed by atoms with Crippen LogP contribution in [0.5, 0.6) is 0 Å². The minimum absolute atomic E-state index is 0. The van der Waals surface area contributed by atoms with Gasteiger partial charge in [0.1, 0.15) is 12.2 Å². The molecule has 2 saturated heterocycles. The van der Waals surface area contributed by atoms with Crippen LogP contribution < -0.4 is 18.9 Å². The molecule has 2 rings (SSSR count). The molecule has 60 valence electrons. The van der Waals surface area contributed by atoms with Crippen molar-refractivity contribution in [2.45, 2.75) is 18.5 Å². The van der Waals surface area contributed by atoms with Crippen molar-refractivity contribution >= 4 is 0 Å². The summed E-state index contributed by atoms with van der Waals surface area (Å²) in [6.07, 6.45) is 0.0245. The van der Waals surface area contributed by atoms with Crippen molar-refractivity contribution < 1.29 is 39.6 Å². The molecule has 4 nitrogen and oxygen atoms in total. The summed E-state index contributed by atoms with van der Waals surface area (Å²) >= 11 is 0. The Bertz CT molecular complexity index is 133. The molecule has 2 aliphatic rings. The Morgan fingerprint density at radius 1 is 1.64 bits per heavy atom. The summed E-state index contributed by atoms with van der Waals surface area (Å²) in [5, 5.41) is 8.52. The van der Waals surface area contributed by atoms with E-state index in [2.05, 4.69) is 0 Å². The van der Waals surface area contributed by atoms with Crippen molar-refractivity contribution in [1.82, 2.24) is 0 Å². The average Bonchev–Trinajstić information content (AvgIpc) is 2.82. The summed E-state index contributed by atoms with van der Waals surface area (Å²) in [7, 11) is 0. The van der Waals surface area contributed by atoms with Gasteiger partial charge in [-0.1, -0.05) is 0 Å². The SMILES string of the molecule is OCC1OC1OCC1CO1.[H-].[Li+]. The van der Waals surface area contributed by atoms with Crippen LogP contribution in [0.4, 0.5) is 0 Å². The Labute approximate surface area is 78.5 Å². The van der Waals surface area contributed by atoms with E-state index in [1.165, 1.54) is 0 Å². The van der Waals surface area contributed by atoms with Crippen LogP contribution in [0.15, 0.2) is 0 Å². The third-order valence-electron chi connectivity index (χ3n) is 1.56. The maximum atomic E-state index is 8.52. The molecule has 0 aliphatic carbocycles. The van der Waals surface area contributed by atoms with Crippen molar-refractivity contribution in [3.8, 4) is 0 Å². The number of hydrogen-bond acceptors (Lipinski definition) is 4. The number of ether oxygens (including phenoxy) is 3. The Kier molecular flexibility index (Phi) is 3.38. The van der Waals surface area contributed by atoms with Gasteiger partial charge in [-0.05, 0) is 0 Å². The first-order chi connectivity index (χ1) is 4.90. The van der Waals surface area contributed by atoms with Crippen LogP contribution in [0, 0.1) is 0 Å². The summed E-state index contributed by atoms with van der Waals surface area (Å²) < 4.78 is 15.0. The molecule has 2 heterocycles. The normalized spacial score (nSPS) is 39.5. The topological polar surface area (TPSA) is 54.5 Å². The van der Waals surface area contributed by atoms with Crippen LogP contribution in [0.25, 0.3) is 0 Å². The molecule has 2 fully saturated rings. The second-order valence-corrected chi connectivity index (χ2v) is 2.51. The molecule has 0 amide bonds. The Morgan fingerprint density at radius 2 is 2.36 bits per heavy atom. The average molecular weight is 154 g/mol. The van der Waals surface area contributed by atoms with Crippen LogP contribution in [-0.2, 0) is 14.2 Å². The first kappa shape index (κ1) is 9.52. The predicted octanol–water partition coefficient (Wildman–Crippen LogP) is -3.76. The molecule has 0 aromatic heterocycles. The first-order valence-electron chi connectivity index (χ1n) is 3.39. The smallest absolute Gasteiger partial charge is 1.00 e. The van der Waals surface area contributed by atoms with Crippen molar-refractivity contribution in [1.29, 1.82) is 0 Å². The molecule has 0 spiro atoms. The van der Waals surface area contributed by atoms with Crippen LogP contribution in [0.3, 0.4) is 0 Å². The summed E-state index contributed by atoms with van der Waals surface area (Å²) in [5.74, 6) is 0. The number of epoxide rings is 2. The van der Waals surface area contributed by atoms with Gasteiger partial charge in [0.25, 0.3) is 0 Å². The van der Waals surface area contributed by atoms with Crippen molar-refractivity contribution in [2.24, 2.45) is 0 Å². The van der Waals surface area contributed by atoms with Gasteiger partial charge in [-0.3, -0.25) is 0 Å². The van der Waals surface area contributed by atoms with Crippen LogP contribution in [0.1, 0.15) is 1.43 Å². The minimum Gasteiger partial charge on any atom is -1.00 e. The van der Waals surface area contributed by atoms with E-state index in [0.29, 0.717) is 6.61 Å². The maximum absolute atomic E-state index is 8.52. The Balaban J connectivity index is 0.000000605.